The minimum Gasteiger partial charge on any atom is -0.477 e. The van der Waals surface area contributed by atoms with Crippen molar-refractivity contribution in [3.8, 4) is 5.88 Å². The molecule has 0 radical (unpaired) electrons. The molecule has 0 spiro atoms. The van der Waals surface area contributed by atoms with Crippen molar-refractivity contribution in [2.24, 2.45) is 0 Å². The molecule has 0 saturated heterocycles. The van der Waals surface area contributed by atoms with Crippen molar-refractivity contribution >= 4 is 22.5 Å². The van der Waals surface area contributed by atoms with E-state index in [0.717, 1.165) is 10.9 Å². The molecule has 15 heavy (non-hydrogen) atoms. The maximum absolute atomic E-state index is 5.92. The van der Waals surface area contributed by atoms with E-state index >= 15 is 0 Å². The second-order valence-corrected chi connectivity index (χ2v) is 3.61. The van der Waals surface area contributed by atoms with Gasteiger partial charge in [0.25, 0.3) is 0 Å². The summed E-state index contributed by atoms with van der Waals surface area (Å²) in [5, 5.41) is 1.52. The molecule has 0 bridgehead atoms. The topological polar surface area (TPSA) is 35.0 Å². The number of hydrogen-bond acceptors (Lipinski definition) is 3. The SMILES string of the molecule is CCOc1nc(C)nc2ccc(Cl)cc12. The third-order valence-electron chi connectivity index (χ3n) is 2.02. The van der Waals surface area contributed by atoms with Crippen LogP contribution < -0.4 is 4.74 Å². The van der Waals surface area contributed by atoms with Crippen molar-refractivity contribution < 1.29 is 4.74 Å². The number of aromatic nitrogens is 2. The second-order valence-electron chi connectivity index (χ2n) is 3.17. The summed E-state index contributed by atoms with van der Waals surface area (Å²) >= 11 is 5.92. The lowest BCUT2D eigenvalue weighted by Crippen LogP contribution is -1.98. The number of ether oxygens (including phenoxy) is 1. The fourth-order valence-corrected chi connectivity index (χ4v) is 1.60. The fraction of sp³-hybridized carbons (Fsp3) is 0.273. The quantitative estimate of drug-likeness (QED) is 0.784. The Labute approximate surface area is 93.1 Å². The summed E-state index contributed by atoms with van der Waals surface area (Å²) in [6, 6.07) is 5.50. The average Bonchev–Trinajstić information content (AvgIpc) is 2.19. The van der Waals surface area contributed by atoms with E-state index in [9.17, 15) is 0 Å². The predicted octanol–water partition coefficient (Wildman–Crippen LogP) is 2.99. The highest BCUT2D eigenvalue weighted by Crippen LogP contribution is 2.25. The van der Waals surface area contributed by atoms with Gasteiger partial charge in [0, 0.05) is 5.02 Å². The molecule has 0 aliphatic heterocycles. The Morgan fingerprint density at radius 2 is 2.13 bits per heavy atom. The van der Waals surface area contributed by atoms with Crippen LogP contribution in [0.15, 0.2) is 18.2 Å². The number of nitrogens with zero attached hydrogens (tertiary/aromatic N) is 2. The summed E-state index contributed by atoms with van der Waals surface area (Å²) in [4.78, 5) is 8.55. The molecule has 1 aromatic heterocycles. The van der Waals surface area contributed by atoms with Crippen molar-refractivity contribution in [3.63, 3.8) is 0 Å². The van der Waals surface area contributed by atoms with E-state index in [0.29, 0.717) is 23.3 Å². The lowest BCUT2D eigenvalue weighted by molar-refractivity contribution is 0.330. The summed E-state index contributed by atoms with van der Waals surface area (Å²) in [6.45, 7) is 4.35. The summed E-state index contributed by atoms with van der Waals surface area (Å²) in [5.74, 6) is 1.30. The van der Waals surface area contributed by atoms with E-state index < -0.39 is 0 Å². The smallest absolute Gasteiger partial charge is 0.224 e. The fourth-order valence-electron chi connectivity index (χ4n) is 1.43. The number of benzene rings is 1. The van der Waals surface area contributed by atoms with Crippen molar-refractivity contribution in [1.29, 1.82) is 0 Å². The molecule has 78 valence electrons. The Morgan fingerprint density at radius 1 is 1.33 bits per heavy atom. The zero-order chi connectivity index (χ0) is 10.8. The zero-order valence-corrected chi connectivity index (χ0v) is 9.38. The van der Waals surface area contributed by atoms with Crippen molar-refractivity contribution in [1.82, 2.24) is 9.97 Å². The van der Waals surface area contributed by atoms with Crippen molar-refractivity contribution in [3.05, 3.63) is 29.0 Å². The van der Waals surface area contributed by atoms with Crippen molar-refractivity contribution in [2.45, 2.75) is 13.8 Å². The third-order valence-corrected chi connectivity index (χ3v) is 2.25. The molecular weight excluding hydrogens is 212 g/mol. The number of fused-ring (bicyclic) bond motifs is 1. The van der Waals surface area contributed by atoms with Crippen LogP contribution in [0, 0.1) is 6.92 Å². The molecule has 2 rings (SSSR count). The van der Waals surface area contributed by atoms with Crippen LogP contribution in [0.5, 0.6) is 5.88 Å². The highest BCUT2D eigenvalue weighted by molar-refractivity contribution is 6.31. The number of halogens is 1. The van der Waals surface area contributed by atoms with E-state index in [1.807, 2.05) is 32.0 Å². The molecule has 0 fully saturated rings. The Hall–Kier alpha value is -1.35. The van der Waals surface area contributed by atoms with Crippen LogP contribution in [0.25, 0.3) is 10.9 Å². The van der Waals surface area contributed by atoms with Crippen LogP contribution in [-0.2, 0) is 0 Å². The van der Waals surface area contributed by atoms with Gasteiger partial charge >= 0.3 is 0 Å². The van der Waals surface area contributed by atoms with Gasteiger partial charge in [0.05, 0.1) is 17.5 Å². The van der Waals surface area contributed by atoms with E-state index in [-0.39, 0.29) is 0 Å². The highest BCUT2D eigenvalue weighted by Gasteiger charge is 2.06. The van der Waals surface area contributed by atoms with E-state index in [4.69, 9.17) is 16.3 Å². The van der Waals surface area contributed by atoms with Crippen molar-refractivity contribution in [2.75, 3.05) is 6.61 Å². The maximum Gasteiger partial charge on any atom is 0.224 e. The van der Waals surface area contributed by atoms with Gasteiger partial charge in [-0.05, 0) is 32.0 Å². The minimum absolute atomic E-state index is 0.581. The molecule has 0 aliphatic carbocycles. The molecule has 2 aromatic rings. The van der Waals surface area contributed by atoms with E-state index in [2.05, 4.69) is 9.97 Å². The molecular formula is C11H11ClN2O. The summed E-state index contributed by atoms with van der Waals surface area (Å²) in [6.07, 6.45) is 0. The van der Waals surface area contributed by atoms with E-state index in [1.165, 1.54) is 0 Å². The normalized spacial score (nSPS) is 10.6. The van der Waals surface area contributed by atoms with Gasteiger partial charge in [0.2, 0.25) is 5.88 Å². The standard InChI is InChI=1S/C11H11ClN2O/c1-3-15-11-9-6-8(12)4-5-10(9)13-7(2)14-11/h4-6H,3H2,1-2H3. The molecule has 0 saturated carbocycles. The molecule has 0 N–H and O–H groups in total. The Kier molecular flexibility index (Phi) is 2.73. The van der Waals surface area contributed by atoms with Crippen LogP contribution in [-0.4, -0.2) is 16.6 Å². The molecule has 3 nitrogen and oxygen atoms in total. The summed E-state index contributed by atoms with van der Waals surface area (Å²) < 4.78 is 5.45. The van der Waals surface area contributed by atoms with Gasteiger partial charge in [0.15, 0.2) is 0 Å². The first-order valence-corrected chi connectivity index (χ1v) is 5.15. The average molecular weight is 223 g/mol. The van der Waals surface area contributed by atoms with Gasteiger partial charge in [-0.1, -0.05) is 11.6 Å². The number of hydrogen-bond donors (Lipinski definition) is 0. The van der Waals surface area contributed by atoms with Crippen LogP contribution in [0.2, 0.25) is 5.02 Å². The Balaban J connectivity index is 2.70. The first kappa shape index (κ1) is 10.2. The summed E-state index contributed by atoms with van der Waals surface area (Å²) in [5.41, 5.74) is 0.857. The van der Waals surface area contributed by atoms with Gasteiger partial charge in [-0.25, -0.2) is 4.98 Å². The largest absolute Gasteiger partial charge is 0.477 e. The lowest BCUT2D eigenvalue weighted by Gasteiger charge is -2.07. The lowest BCUT2D eigenvalue weighted by atomic mass is 10.2. The molecule has 0 atom stereocenters. The van der Waals surface area contributed by atoms with Crippen LogP contribution in [0.4, 0.5) is 0 Å². The van der Waals surface area contributed by atoms with Gasteiger partial charge < -0.3 is 4.74 Å². The highest BCUT2D eigenvalue weighted by atomic mass is 35.5. The third kappa shape index (κ3) is 2.02. The van der Waals surface area contributed by atoms with Crippen LogP contribution >= 0.6 is 11.6 Å². The zero-order valence-electron chi connectivity index (χ0n) is 8.62. The van der Waals surface area contributed by atoms with Gasteiger partial charge in [-0.2, -0.15) is 4.98 Å². The first-order chi connectivity index (χ1) is 7.20. The molecule has 0 amide bonds. The van der Waals surface area contributed by atoms with E-state index in [1.54, 1.807) is 0 Å². The number of rotatable bonds is 2. The molecule has 0 aliphatic rings. The Morgan fingerprint density at radius 3 is 2.87 bits per heavy atom. The second kappa shape index (κ2) is 4.03. The predicted molar refractivity (Wildman–Crippen MR) is 60.5 cm³/mol. The first-order valence-electron chi connectivity index (χ1n) is 4.77. The molecule has 1 aromatic carbocycles. The Bertz CT molecular complexity index is 499. The van der Waals surface area contributed by atoms with Gasteiger partial charge in [-0.3, -0.25) is 0 Å². The van der Waals surface area contributed by atoms with Gasteiger partial charge in [-0.15, -0.1) is 0 Å². The maximum atomic E-state index is 5.92. The summed E-state index contributed by atoms with van der Waals surface area (Å²) in [7, 11) is 0. The molecule has 1 heterocycles. The van der Waals surface area contributed by atoms with Crippen LogP contribution in [0.3, 0.4) is 0 Å². The van der Waals surface area contributed by atoms with Gasteiger partial charge in [0.1, 0.15) is 5.82 Å². The minimum atomic E-state index is 0.581. The monoisotopic (exact) mass is 222 g/mol. The molecule has 4 heteroatoms. The van der Waals surface area contributed by atoms with Crippen LogP contribution in [0.1, 0.15) is 12.7 Å². The number of aryl methyl sites for hydroxylation is 1. The molecule has 0 unspecified atom stereocenters.